The number of thioether (sulfide) groups is 1. The van der Waals surface area contributed by atoms with E-state index >= 15 is 0 Å². The molecule has 3 rings (SSSR count). The van der Waals surface area contributed by atoms with E-state index in [-0.39, 0.29) is 5.91 Å². The molecule has 1 saturated carbocycles. The Balaban J connectivity index is 0.000000402. The van der Waals surface area contributed by atoms with Gasteiger partial charge in [0, 0.05) is 11.6 Å². The minimum atomic E-state index is -1.00. The topological polar surface area (TPSA) is 95.5 Å². The van der Waals surface area contributed by atoms with E-state index < -0.39 is 12.0 Å². The van der Waals surface area contributed by atoms with Gasteiger partial charge in [0.25, 0.3) is 5.91 Å². The number of hydrogen-bond donors (Lipinski definition) is 3. The molecule has 7 heteroatoms. The van der Waals surface area contributed by atoms with Crippen LogP contribution in [0.25, 0.3) is 11.1 Å². The first-order valence-electron chi connectivity index (χ1n) is 12.3. The molecule has 1 atom stereocenters. The zero-order valence-corrected chi connectivity index (χ0v) is 21.8. The molecule has 190 valence electrons. The van der Waals surface area contributed by atoms with Crippen molar-refractivity contribution in [2.24, 2.45) is 0 Å². The van der Waals surface area contributed by atoms with Crippen LogP contribution in [0.3, 0.4) is 0 Å². The van der Waals surface area contributed by atoms with Gasteiger partial charge >= 0.3 is 5.97 Å². The Morgan fingerprint density at radius 1 is 1.11 bits per heavy atom. The van der Waals surface area contributed by atoms with E-state index in [0.717, 1.165) is 35.1 Å². The monoisotopic (exact) mass is 498 g/mol. The van der Waals surface area contributed by atoms with Gasteiger partial charge in [0.2, 0.25) is 6.41 Å². The second kappa shape index (κ2) is 15.2. The predicted octanol–water partition coefficient (Wildman–Crippen LogP) is 5.23. The Kier molecular flexibility index (Phi) is 12.4. The summed E-state index contributed by atoms with van der Waals surface area (Å²) in [5.41, 5.74) is 4.55. The summed E-state index contributed by atoms with van der Waals surface area (Å²) in [6.07, 6.45) is 10.3. The first-order valence-corrected chi connectivity index (χ1v) is 13.7. The van der Waals surface area contributed by atoms with Crippen LogP contribution in [-0.4, -0.2) is 47.5 Å². The van der Waals surface area contributed by atoms with Gasteiger partial charge in [0.05, 0.1) is 0 Å². The summed E-state index contributed by atoms with van der Waals surface area (Å²) in [6.45, 7) is 4.08. The Morgan fingerprint density at radius 3 is 2.43 bits per heavy atom. The number of carbonyl (C=O) groups excluding carboxylic acids is 2. The molecule has 0 heterocycles. The number of aryl methyl sites for hydroxylation is 2. The fourth-order valence-corrected chi connectivity index (χ4v) is 4.67. The number of aliphatic carboxylic acids is 1. The summed E-state index contributed by atoms with van der Waals surface area (Å²) in [7, 11) is 0. The lowest BCUT2D eigenvalue weighted by Gasteiger charge is -2.19. The number of carboxylic acid groups (broad SMARTS) is 1. The SMILES string of the molecule is CCc1ccc(C(=O)NC(CCSC)C(=O)O)c(-c2ccccc2C)c1.O=CNC1CCCCC1. The third-order valence-corrected chi connectivity index (χ3v) is 6.94. The molecule has 1 aliphatic rings. The van der Waals surface area contributed by atoms with Crippen LogP contribution in [-0.2, 0) is 16.0 Å². The lowest BCUT2D eigenvalue weighted by atomic mass is 9.93. The molecule has 0 spiro atoms. The standard InChI is InChI=1S/C21H25NO3S.C7H13NO/c1-4-15-9-10-17(18(13-15)16-8-6-5-7-14(16)2)20(23)22-19(21(24)25)11-12-26-3;9-6-8-7-4-2-1-3-5-7/h5-10,13,19H,4,11-12H2,1-3H3,(H,22,23)(H,24,25);6-7H,1-5H2,(H,8,9). The smallest absolute Gasteiger partial charge is 0.326 e. The molecule has 1 unspecified atom stereocenters. The van der Waals surface area contributed by atoms with Crippen molar-refractivity contribution in [2.75, 3.05) is 12.0 Å². The van der Waals surface area contributed by atoms with E-state index in [4.69, 9.17) is 0 Å². The van der Waals surface area contributed by atoms with Gasteiger partial charge in [0.15, 0.2) is 0 Å². The Bertz CT molecular complexity index is 973. The fourth-order valence-electron chi connectivity index (χ4n) is 4.20. The normalized spacial score (nSPS) is 14.3. The van der Waals surface area contributed by atoms with Gasteiger partial charge < -0.3 is 15.7 Å². The molecule has 2 amide bonds. The van der Waals surface area contributed by atoms with Gasteiger partial charge in [-0.1, -0.05) is 62.6 Å². The lowest BCUT2D eigenvalue weighted by Crippen LogP contribution is -2.41. The summed E-state index contributed by atoms with van der Waals surface area (Å²) in [4.78, 5) is 34.3. The van der Waals surface area contributed by atoms with Gasteiger partial charge in [-0.2, -0.15) is 11.8 Å². The minimum Gasteiger partial charge on any atom is -0.480 e. The first-order chi connectivity index (χ1) is 16.9. The van der Waals surface area contributed by atoms with Crippen LogP contribution in [0.2, 0.25) is 0 Å². The number of nitrogens with one attached hydrogen (secondary N) is 2. The van der Waals surface area contributed by atoms with Crippen molar-refractivity contribution in [1.82, 2.24) is 10.6 Å². The van der Waals surface area contributed by atoms with E-state index in [0.29, 0.717) is 23.8 Å². The van der Waals surface area contributed by atoms with Gasteiger partial charge in [-0.05, 0) is 72.9 Å². The summed E-state index contributed by atoms with van der Waals surface area (Å²) in [5.74, 6) is -0.675. The van der Waals surface area contributed by atoms with E-state index in [2.05, 4.69) is 17.6 Å². The minimum absolute atomic E-state index is 0.348. The first kappa shape index (κ1) is 28.4. The molecule has 6 nitrogen and oxygen atoms in total. The largest absolute Gasteiger partial charge is 0.480 e. The zero-order chi connectivity index (χ0) is 25.6. The maximum atomic E-state index is 12.8. The molecule has 1 fully saturated rings. The van der Waals surface area contributed by atoms with Crippen molar-refractivity contribution in [2.45, 2.75) is 70.9 Å². The lowest BCUT2D eigenvalue weighted by molar-refractivity contribution is -0.139. The molecule has 2 aromatic rings. The summed E-state index contributed by atoms with van der Waals surface area (Å²) in [6, 6.07) is 13.2. The Labute approximate surface area is 213 Å². The quantitative estimate of drug-likeness (QED) is 0.390. The molecule has 0 saturated heterocycles. The average Bonchev–Trinajstić information content (AvgIpc) is 2.87. The third kappa shape index (κ3) is 9.06. The summed E-state index contributed by atoms with van der Waals surface area (Å²) in [5, 5.41) is 14.9. The molecule has 2 aromatic carbocycles. The van der Waals surface area contributed by atoms with E-state index in [9.17, 15) is 19.5 Å². The van der Waals surface area contributed by atoms with Crippen molar-refractivity contribution in [3.05, 3.63) is 59.2 Å². The average molecular weight is 499 g/mol. The van der Waals surface area contributed by atoms with Crippen molar-refractivity contribution < 1.29 is 19.5 Å². The van der Waals surface area contributed by atoms with Crippen molar-refractivity contribution in [1.29, 1.82) is 0 Å². The van der Waals surface area contributed by atoms with E-state index in [1.54, 1.807) is 17.8 Å². The third-order valence-electron chi connectivity index (χ3n) is 6.30. The maximum absolute atomic E-state index is 12.8. The van der Waals surface area contributed by atoms with Gasteiger partial charge in [-0.15, -0.1) is 0 Å². The van der Waals surface area contributed by atoms with Crippen LogP contribution in [0.4, 0.5) is 0 Å². The maximum Gasteiger partial charge on any atom is 0.326 e. The van der Waals surface area contributed by atoms with Crippen LogP contribution < -0.4 is 10.6 Å². The van der Waals surface area contributed by atoms with E-state index in [1.165, 1.54) is 32.1 Å². The number of rotatable bonds is 10. The highest BCUT2D eigenvalue weighted by atomic mass is 32.2. The zero-order valence-electron chi connectivity index (χ0n) is 21.0. The van der Waals surface area contributed by atoms with Gasteiger partial charge in [0.1, 0.15) is 6.04 Å². The molecule has 3 N–H and O–H groups in total. The number of benzene rings is 2. The highest BCUT2D eigenvalue weighted by molar-refractivity contribution is 7.98. The molecular formula is C28H38N2O4S. The molecule has 0 aromatic heterocycles. The van der Waals surface area contributed by atoms with Gasteiger partial charge in [-0.3, -0.25) is 9.59 Å². The van der Waals surface area contributed by atoms with Crippen LogP contribution in [0.15, 0.2) is 42.5 Å². The van der Waals surface area contributed by atoms with Crippen molar-refractivity contribution >= 4 is 30.0 Å². The number of hydrogen-bond acceptors (Lipinski definition) is 4. The summed E-state index contributed by atoms with van der Waals surface area (Å²) < 4.78 is 0. The number of amides is 2. The van der Waals surface area contributed by atoms with E-state index in [1.807, 2.05) is 49.6 Å². The van der Waals surface area contributed by atoms with Crippen molar-refractivity contribution in [3.8, 4) is 11.1 Å². The van der Waals surface area contributed by atoms with Crippen molar-refractivity contribution in [3.63, 3.8) is 0 Å². The second-order valence-electron chi connectivity index (χ2n) is 8.81. The molecule has 1 aliphatic carbocycles. The van der Waals surface area contributed by atoms with Gasteiger partial charge in [-0.25, -0.2) is 4.79 Å². The molecule has 0 aliphatic heterocycles. The molecule has 0 bridgehead atoms. The second-order valence-corrected chi connectivity index (χ2v) is 9.80. The Hall–Kier alpha value is -2.80. The van der Waals surface area contributed by atoms with Crippen LogP contribution in [0, 0.1) is 6.92 Å². The Morgan fingerprint density at radius 2 is 1.83 bits per heavy atom. The van der Waals surface area contributed by atoms with Crippen LogP contribution in [0.1, 0.15) is 66.9 Å². The van der Waals surface area contributed by atoms with Crippen LogP contribution in [0.5, 0.6) is 0 Å². The number of carboxylic acids is 1. The predicted molar refractivity (Wildman–Crippen MR) is 144 cm³/mol. The fraction of sp³-hybridized carbons (Fsp3) is 0.464. The number of carbonyl (C=O) groups is 3. The highest BCUT2D eigenvalue weighted by Gasteiger charge is 2.22. The molecule has 35 heavy (non-hydrogen) atoms. The summed E-state index contributed by atoms with van der Waals surface area (Å²) >= 11 is 1.56. The van der Waals surface area contributed by atoms with Crippen LogP contribution >= 0.6 is 11.8 Å². The molecule has 0 radical (unpaired) electrons. The highest BCUT2D eigenvalue weighted by Crippen LogP contribution is 2.28. The molecular weight excluding hydrogens is 460 g/mol.